The first kappa shape index (κ1) is 13.8. The van der Waals surface area contributed by atoms with Gasteiger partial charge in [-0.25, -0.2) is 0 Å². The molecule has 3 atom stereocenters. The predicted molar refractivity (Wildman–Crippen MR) is 73.5 cm³/mol. The molecule has 0 radical (unpaired) electrons. The quantitative estimate of drug-likeness (QED) is 0.812. The lowest BCUT2D eigenvalue weighted by atomic mass is 10.0. The van der Waals surface area contributed by atoms with Crippen molar-refractivity contribution < 1.29 is 4.79 Å². The number of amides is 1. The highest BCUT2D eigenvalue weighted by Crippen LogP contribution is 2.18. The lowest BCUT2D eigenvalue weighted by Gasteiger charge is -2.42. The number of carbonyl (C=O) groups is 1. The van der Waals surface area contributed by atoms with Gasteiger partial charge in [-0.2, -0.15) is 0 Å². The molecule has 2 aliphatic heterocycles. The molecule has 2 fully saturated rings. The minimum absolute atomic E-state index is 0.355. The van der Waals surface area contributed by atoms with Gasteiger partial charge in [0.15, 0.2) is 0 Å². The van der Waals surface area contributed by atoms with Crippen molar-refractivity contribution in [2.75, 3.05) is 33.2 Å². The molecule has 2 rings (SSSR count). The van der Waals surface area contributed by atoms with Gasteiger partial charge < -0.3 is 10.2 Å². The maximum Gasteiger partial charge on any atom is 0.222 e. The van der Waals surface area contributed by atoms with Crippen LogP contribution in [-0.2, 0) is 4.79 Å². The lowest BCUT2D eigenvalue weighted by molar-refractivity contribution is -0.135. The van der Waals surface area contributed by atoms with E-state index in [0.717, 1.165) is 44.9 Å². The van der Waals surface area contributed by atoms with Gasteiger partial charge in [-0.05, 0) is 52.7 Å². The van der Waals surface area contributed by atoms with E-state index in [9.17, 15) is 4.79 Å². The van der Waals surface area contributed by atoms with E-state index in [4.69, 9.17) is 0 Å². The molecule has 2 aliphatic rings. The Morgan fingerprint density at radius 1 is 1.28 bits per heavy atom. The molecule has 0 bridgehead atoms. The van der Waals surface area contributed by atoms with Crippen LogP contribution in [0.4, 0.5) is 0 Å². The molecule has 1 amide bonds. The van der Waals surface area contributed by atoms with Crippen LogP contribution in [0.25, 0.3) is 0 Å². The van der Waals surface area contributed by atoms with Gasteiger partial charge in [0, 0.05) is 31.6 Å². The minimum atomic E-state index is 0.355. The number of hydrogen-bond donors (Lipinski definition) is 1. The van der Waals surface area contributed by atoms with Crippen molar-refractivity contribution in [2.45, 2.75) is 45.2 Å². The smallest absolute Gasteiger partial charge is 0.222 e. The molecule has 0 aliphatic carbocycles. The zero-order chi connectivity index (χ0) is 13.1. The van der Waals surface area contributed by atoms with E-state index >= 15 is 0 Å². The van der Waals surface area contributed by atoms with Crippen LogP contribution >= 0.6 is 0 Å². The molecule has 0 aromatic carbocycles. The summed E-state index contributed by atoms with van der Waals surface area (Å²) in [6, 6.07) is 0.955. The molecule has 0 aromatic heterocycles. The van der Waals surface area contributed by atoms with Crippen molar-refractivity contribution in [3.8, 4) is 0 Å². The largest absolute Gasteiger partial charge is 0.340 e. The number of piperazine rings is 1. The average Bonchev–Trinajstić information content (AvgIpc) is 2.85. The second-order valence-corrected chi connectivity index (χ2v) is 6.06. The molecule has 2 heterocycles. The van der Waals surface area contributed by atoms with E-state index in [2.05, 4.69) is 36.0 Å². The number of rotatable bonds is 3. The van der Waals surface area contributed by atoms with Gasteiger partial charge in [-0.15, -0.1) is 0 Å². The summed E-state index contributed by atoms with van der Waals surface area (Å²) in [7, 11) is 2.15. The monoisotopic (exact) mass is 253 g/mol. The lowest BCUT2D eigenvalue weighted by Crippen LogP contribution is -2.56. The molecule has 2 saturated heterocycles. The summed E-state index contributed by atoms with van der Waals surface area (Å²) in [5.41, 5.74) is 0. The van der Waals surface area contributed by atoms with Crippen LogP contribution in [0, 0.1) is 5.92 Å². The van der Waals surface area contributed by atoms with Gasteiger partial charge in [0.1, 0.15) is 0 Å². The Bertz CT molecular complexity index is 277. The zero-order valence-corrected chi connectivity index (χ0v) is 12.0. The minimum Gasteiger partial charge on any atom is -0.340 e. The summed E-state index contributed by atoms with van der Waals surface area (Å²) in [5, 5.41) is 3.36. The maximum atomic E-state index is 12.2. The molecule has 0 spiro atoms. The first-order valence-electron chi connectivity index (χ1n) is 7.28. The third kappa shape index (κ3) is 3.23. The van der Waals surface area contributed by atoms with E-state index in [1.54, 1.807) is 0 Å². The van der Waals surface area contributed by atoms with Crippen LogP contribution in [0.5, 0.6) is 0 Å². The second-order valence-electron chi connectivity index (χ2n) is 6.06. The van der Waals surface area contributed by atoms with Crippen molar-refractivity contribution in [1.29, 1.82) is 0 Å². The zero-order valence-electron chi connectivity index (χ0n) is 12.0. The number of carbonyl (C=O) groups excluding carboxylic acids is 1. The van der Waals surface area contributed by atoms with Crippen LogP contribution in [0.15, 0.2) is 0 Å². The van der Waals surface area contributed by atoms with Gasteiger partial charge in [0.2, 0.25) is 5.91 Å². The van der Waals surface area contributed by atoms with E-state index in [1.807, 2.05) is 0 Å². The highest BCUT2D eigenvalue weighted by molar-refractivity contribution is 5.76. The fourth-order valence-electron chi connectivity index (χ4n) is 3.05. The van der Waals surface area contributed by atoms with Crippen molar-refractivity contribution >= 4 is 5.91 Å². The normalized spacial score (nSPS) is 33.9. The summed E-state index contributed by atoms with van der Waals surface area (Å²) in [6.07, 6.45) is 3.03. The van der Waals surface area contributed by atoms with Crippen LogP contribution < -0.4 is 5.32 Å². The number of hydrogen-bond acceptors (Lipinski definition) is 3. The van der Waals surface area contributed by atoms with Gasteiger partial charge in [-0.1, -0.05) is 0 Å². The molecule has 18 heavy (non-hydrogen) atoms. The molecular weight excluding hydrogens is 226 g/mol. The van der Waals surface area contributed by atoms with Gasteiger partial charge in [-0.3, -0.25) is 9.69 Å². The van der Waals surface area contributed by atoms with E-state index in [0.29, 0.717) is 18.0 Å². The SMILES string of the molecule is CC1CN(C(=O)CCC2CCNC2)CC(C)N1C. The molecule has 104 valence electrons. The average molecular weight is 253 g/mol. The Hall–Kier alpha value is -0.610. The Labute approximate surface area is 111 Å². The third-order valence-electron chi connectivity index (χ3n) is 4.64. The fourth-order valence-corrected chi connectivity index (χ4v) is 3.05. The Morgan fingerprint density at radius 2 is 1.94 bits per heavy atom. The van der Waals surface area contributed by atoms with Crippen molar-refractivity contribution in [1.82, 2.24) is 15.1 Å². The highest BCUT2D eigenvalue weighted by atomic mass is 16.2. The third-order valence-corrected chi connectivity index (χ3v) is 4.64. The standard InChI is InChI=1S/C14H27N3O/c1-11-9-17(10-12(2)16(11)3)14(18)5-4-13-6-7-15-8-13/h11-13,15H,4-10H2,1-3H3. The van der Waals surface area contributed by atoms with Gasteiger partial charge >= 0.3 is 0 Å². The highest BCUT2D eigenvalue weighted by Gasteiger charge is 2.29. The Morgan fingerprint density at radius 3 is 2.50 bits per heavy atom. The molecule has 4 heteroatoms. The summed E-state index contributed by atoms with van der Waals surface area (Å²) >= 11 is 0. The molecular formula is C14H27N3O. The van der Waals surface area contributed by atoms with Crippen LogP contribution in [0.2, 0.25) is 0 Å². The van der Waals surface area contributed by atoms with Gasteiger partial charge in [0.25, 0.3) is 0 Å². The summed E-state index contributed by atoms with van der Waals surface area (Å²) in [5.74, 6) is 1.07. The van der Waals surface area contributed by atoms with E-state index < -0.39 is 0 Å². The molecule has 3 unspecified atom stereocenters. The Kier molecular flexibility index (Phi) is 4.62. The summed E-state index contributed by atoms with van der Waals surface area (Å²) in [4.78, 5) is 16.7. The second kappa shape index (κ2) is 6.02. The number of nitrogens with zero attached hydrogens (tertiary/aromatic N) is 2. The van der Waals surface area contributed by atoms with E-state index in [-0.39, 0.29) is 0 Å². The summed E-state index contributed by atoms with van der Waals surface area (Å²) in [6.45, 7) is 8.42. The molecule has 4 nitrogen and oxygen atoms in total. The van der Waals surface area contributed by atoms with E-state index in [1.165, 1.54) is 6.42 Å². The first-order valence-corrected chi connectivity index (χ1v) is 7.28. The van der Waals surface area contributed by atoms with Crippen LogP contribution in [0.1, 0.15) is 33.1 Å². The number of nitrogens with one attached hydrogen (secondary N) is 1. The summed E-state index contributed by atoms with van der Waals surface area (Å²) < 4.78 is 0. The van der Waals surface area contributed by atoms with Crippen molar-refractivity contribution in [3.63, 3.8) is 0 Å². The maximum absolute atomic E-state index is 12.2. The predicted octanol–water partition coefficient (Wildman–Crippen LogP) is 0.927. The van der Waals surface area contributed by atoms with Crippen molar-refractivity contribution in [3.05, 3.63) is 0 Å². The molecule has 0 saturated carbocycles. The molecule has 0 aromatic rings. The fraction of sp³-hybridized carbons (Fsp3) is 0.929. The topological polar surface area (TPSA) is 35.6 Å². The van der Waals surface area contributed by atoms with Crippen LogP contribution in [0.3, 0.4) is 0 Å². The Balaban J connectivity index is 1.78. The molecule has 1 N–H and O–H groups in total. The van der Waals surface area contributed by atoms with Crippen LogP contribution in [-0.4, -0.2) is 61.0 Å². The first-order chi connectivity index (χ1) is 8.58. The van der Waals surface area contributed by atoms with Gasteiger partial charge in [0.05, 0.1) is 0 Å². The number of likely N-dealkylation sites (N-methyl/N-ethyl adjacent to an activating group) is 1. The van der Waals surface area contributed by atoms with Crippen molar-refractivity contribution in [2.24, 2.45) is 5.92 Å².